The summed E-state index contributed by atoms with van der Waals surface area (Å²) in [4.78, 5) is 4.77. The van der Waals surface area contributed by atoms with Gasteiger partial charge in [0, 0.05) is 12.2 Å². The van der Waals surface area contributed by atoms with Crippen LogP contribution in [0.5, 0.6) is 0 Å². The molecule has 1 aromatic rings. The highest BCUT2D eigenvalue weighted by Gasteiger charge is 2.13. The lowest BCUT2D eigenvalue weighted by Gasteiger charge is -2.17. The standard InChI is InChI=1S/C17H27N3.2ClH/c1(2-5-14-10-12-18-13-14)3-7-16-9-8-15-6-4-11-19-17(15)20-16;;/h8-9,14,18H,1-7,10-13H2,(H,19,20);2*1H. The number of fused-ring (bicyclic) bond motifs is 1. The maximum atomic E-state index is 4.77. The number of pyridine rings is 1. The third kappa shape index (κ3) is 5.60. The first kappa shape index (κ1) is 19.5. The van der Waals surface area contributed by atoms with Gasteiger partial charge in [-0.25, -0.2) is 4.98 Å². The van der Waals surface area contributed by atoms with Crippen molar-refractivity contribution in [2.75, 3.05) is 25.0 Å². The highest BCUT2D eigenvalue weighted by molar-refractivity contribution is 5.85. The Morgan fingerprint density at radius 2 is 2.00 bits per heavy atom. The number of hydrogen-bond acceptors (Lipinski definition) is 3. The molecule has 1 aromatic heterocycles. The van der Waals surface area contributed by atoms with Crippen molar-refractivity contribution in [2.24, 2.45) is 5.92 Å². The SMILES string of the molecule is Cl.Cl.c1cc2c(nc1CCCCCC1CCNC1)NCCC2. The zero-order chi connectivity index (χ0) is 13.6. The summed E-state index contributed by atoms with van der Waals surface area (Å²) in [6.07, 6.45) is 10.4. The first-order chi connectivity index (χ1) is 9.92. The van der Waals surface area contributed by atoms with E-state index in [4.69, 9.17) is 4.98 Å². The molecule has 22 heavy (non-hydrogen) atoms. The van der Waals surface area contributed by atoms with Crippen molar-refractivity contribution in [3.63, 3.8) is 0 Å². The van der Waals surface area contributed by atoms with Gasteiger partial charge in [0.05, 0.1) is 0 Å². The minimum absolute atomic E-state index is 0. The van der Waals surface area contributed by atoms with Gasteiger partial charge in [-0.2, -0.15) is 0 Å². The number of anilines is 1. The minimum Gasteiger partial charge on any atom is -0.370 e. The maximum absolute atomic E-state index is 4.77. The number of nitrogens with one attached hydrogen (secondary N) is 2. The summed E-state index contributed by atoms with van der Waals surface area (Å²) in [6, 6.07) is 4.50. The van der Waals surface area contributed by atoms with Crippen molar-refractivity contribution in [3.8, 4) is 0 Å². The van der Waals surface area contributed by atoms with E-state index in [1.54, 1.807) is 0 Å². The number of halogens is 2. The summed E-state index contributed by atoms with van der Waals surface area (Å²) in [5.74, 6) is 2.09. The second kappa shape index (κ2) is 10.3. The molecule has 0 radical (unpaired) electrons. The van der Waals surface area contributed by atoms with E-state index in [9.17, 15) is 0 Å². The van der Waals surface area contributed by atoms with Crippen LogP contribution in [0.1, 0.15) is 49.8 Å². The number of aryl methyl sites for hydroxylation is 2. The van der Waals surface area contributed by atoms with Crippen molar-refractivity contribution in [3.05, 3.63) is 23.4 Å². The van der Waals surface area contributed by atoms with Gasteiger partial charge in [0.2, 0.25) is 0 Å². The zero-order valence-corrected chi connectivity index (χ0v) is 14.9. The molecule has 2 aliphatic heterocycles. The summed E-state index contributed by atoms with van der Waals surface area (Å²) in [5.41, 5.74) is 2.66. The Bertz CT molecular complexity index is 434. The van der Waals surface area contributed by atoms with Gasteiger partial charge < -0.3 is 10.6 Å². The molecule has 1 atom stereocenters. The molecule has 3 rings (SSSR count). The Kier molecular flexibility index (Phi) is 9.15. The van der Waals surface area contributed by atoms with Gasteiger partial charge >= 0.3 is 0 Å². The summed E-state index contributed by atoms with van der Waals surface area (Å²) in [6.45, 7) is 3.56. The van der Waals surface area contributed by atoms with E-state index in [2.05, 4.69) is 22.8 Å². The second-order valence-electron chi connectivity index (χ2n) is 6.30. The molecule has 0 bridgehead atoms. The highest BCUT2D eigenvalue weighted by Crippen LogP contribution is 2.21. The Morgan fingerprint density at radius 1 is 1.09 bits per heavy atom. The molecule has 126 valence electrons. The van der Waals surface area contributed by atoms with Crippen LogP contribution in [-0.4, -0.2) is 24.6 Å². The van der Waals surface area contributed by atoms with Gasteiger partial charge in [0.25, 0.3) is 0 Å². The van der Waals surface area contributed by atoms with E-state index in [0.29, 0.717) is 0 Å². The minimum atomic E-state index is 0. The number of aromatic nitrogens is 1. The molecule has 1 saturated heterocycles. The van der Waals surface area contributed by atoms with Crippen LogP contribution in [0.4, 0.5) is 5.82 Å². The van der Waals surface area contributed by atoms with Crippen molar-refractivity contribution in [1.82, 2.24) is 10.3 Å². The normalized spacial score (nSPS) is 19.5. The molecule has 0 aliphatic carbocycles. The van der Waals surface area contributed by atoms with Gasteiger partial charge in [-0.1, -0.05) is 18.9 Å². The van der Waals surface area contributed by atoms with Crippen LogP contribution in [-0.2, 0) is 12.8 Å². The van der Waals surface area contributed by atoms with Crippen LogP contribution in [0.3, 0.4) is 0 Å². The topological polar surface area (TPSA) is 37.0 Å². The van der Waals surface area contributed by atoms with Gasteiger partial charge in [-0.15, -0.1) is 24.8 Å². The van der Waals surface area contributed by atoms with Crippen molar-refractivity contribution >= 4 is 30.6 Å². The van der Waals surface area contributed by atoms with E-state index in [0.717, 1.165) is 24.7 Å². The average molecular weight is 346 g/mol. The van der Waals surface area contributed by atoms with Crippen LogP contribution in [0, 0.1) is 5.92 Å². The Hall–Kier alpha value is -0.510. The lowest BCUT2D eigenvalue weighted by molar-refractivity contribution is 0.490. The maximum Gasteiger partial charge on any atom is 0.129 e. The highest BCUT2D eigenvalue weighted by atomic mass is 35.5. The van der Waals surface area contributed by atoms with E-state index in [1.165, 1.54) is 69.3 Å². The lowest BCUT2D eigenvalue weighted by Crippen LogP contribution is -2.14. The fourth-order valence-electron chi connectivity index (χ4n) is 3.38. The van der Waals surface area contributed by atoms with E-state index >= 15 is 0 Å². The largest absolute Gasteiger partial charge is 0.370 e. The predicted octanol–water partition coefficient (Wildman–Crippen LogP) is 4.00. The Balaban J connectivity index is 0.00000121. The number of hydrogen-bond donors (Lipinski definition) is 2. The molecular weight excluding hydrogens is 317 g/mol. The fraction of sp³-hybridized carbons (Fsp3) is 0.706. The van der Waals surface area contributed by atoms with E-state index in [1.807, 2.05) is 0 Å². The summed E-state index contributed by atoms with van der Waals surface area (Å²) in [7, 11) is 0. The van der Waals surface area contributed by atoms with Gasteiger partial charge in [-0.05, 0) is 69.2 Å². The molecule has 0 aromatic carbocycles. The summed E-state index contributed by atoms with van der Waals surface area (Å²) in [5, 5.41) is 6.87. The monoisotopic (exact) mass is 345 g/mol. The van der Waals surface area contributed by atoms with Crippen LogP contribution in [0.25, 0.3) is 0 Å². The predicted molar refractivity (Wildman–Crippen MR) is 98.7 cm³/mol. The molecule has 1 fully saturated rings. The van der Waals surface area contributed by atoms with E-state index < -0.39 is 0 Å². The zero-order valence-electron chi connectivity index (χ0n) is 13.3. The molecule has 0 spiro atoms. The summed E-state index contributed by atoms with van der Waals surface area (Å²) >= 11 is 0. The van der Waals surface area contributed by atoms with Crippen molar-refractivity contribution in [2.45, 2.75) is 51.4 Å². The van der Waals surface area contributed by atoms with Crippen LogP contribution in [0.2, 0.25) is 0 Å². The smallest absolute Gasteiger partial charge is 0.129 e. The molecule has 2 aliphatic rings. The number of rotatable bonds is 6. The van der Waals surface area contributed by atoms with Crippen molar-refractivity contribution in [1.29, 1.82) is 0 Å². The molecule has 3 heterocycles. The molecule has 0 amide bonds. The van der Waals surface area contributed by atoms with Crippen LogP contribution >= 0.6 is 24.8 Å². The fourth-order valence-corrected chi connectivity index (χ4v) is 3.38. The number of nitrogens with zero attached hydrogens (tertiary/aromatic N) is 1. The molecule has 1 unspecified atom stereocenters. The van der Waals surface area contributed by atoms with Gasteiger partial charge in [-0.3, -0.25) is 0 Å². The average Bonchev–Trinajstić information content (AvgIpc) is 3.00. The van der Waals surface area contributed by atoms with Gasteiger partial charge in [0.1, 0.15) is 5.82 Å². The first-order valence-electron chi connectivity index (χ1n) is 8.35. The second-order valence-corrected chi connectivity index (χ2v) is 6.30. The Labute approximate surface area is 146 Å². The van der Waals surface area contributed by atoms with Crippen LogP contribution < -0.4 is 10.6 Å². The van der Waals surface area contributed by atoms with Gasteiger partial charge in [0.15, 0.2) is 0 Å². The molecule has 3 nitrogen and oxygen atoms in total. The van der Waals surface area contributed by atoms with Crippen LogP contribution in [0.15, 0.2) is 12.1 Å². The molecule has 5 heteroatoms. The molecular formula is C17H29Cl2N3. The quantitative estimate of drug-likeness (QED) is 0.765. The lowest BCUT2D eigenvalue weighted by atomic mass is 9.99. The number of unbranched alkanes of at least 4 members (excludes halogenated alkanes) is 2. The van der Waals surface area contributed by atoms with Crippen molar-refractivity contribution < 1.29 is 0 Å². The third-order valence-corrected chi connectivity index (χ3v) is 4.66. The van der Waals surface area contributed by atoms with E-state index in [-0.39, 0.29) is 24.8 Å². The molecule has 0 saturated carbocycles. The Morgan fingerprint density at radius 3 is 2.82 bits per heavy atom. The third-order valence-electron chi connectivity index (χ3n) is 4.66. The molecule has 2 N–H and O–H groups in total. The summed E-state index contributed by atoms with van der Waals surface area (Å²) < 4.78 is 0. The first-order valence-corrected chi connectivity index (χ1v) is 8.35.